The number of hydrogen-bond donors (Lipinski definition) is 0. The number of nitro groups is 1. The Morgan fingerprint density at radius 1 is 1.39 bits per heavy atom. The Kier molecular flexibility index (Phi) is 4.01. The molecule has 1 saturated heterocycles. The second kappa shape index (κ2) is 5.52. The van der Waals surface area contributed by atoms with Gasteiger partial charge in [-0.3, -0.25) is 14.9 Å². The van der Waals surface area contributed by atoms with Crippen LogP contribution in [-0.2, 0) is 0 Å². The highest BCUT2D eigenvalue weighted by atomic mass is 32.2. The highest BCUT2D eigenvalue weighted by Crippen LogP contribution is 2.29. The van der Waals surface area contributed by atoms with Crippen LogP contribution in [0.5, 0.6) is 0 Å². The number of benzene rings is 1. The van der Waals surface area contributed by atoms with E-state index < -0.39 is 4.92 Å². The van der Waals surface area contributed by atoms with Crippen molar-refractivity contribution in [2.45, 2.75) is 31.4 Å². The summed E-state index contributed by atoms with van der Waals surface area (Å²) in [5.74, 6) is 1.04. The Morgan fingerprint density at radius 2 is 2.17 bits per heavy atom. The molecule has 1 unspecified atom stereocenters. The van der Waals surface area contributed by atoms with Gasteiger partial charge >= 0.3 is 0 Å². The van der Waals surface area contributed by atoms with Gasteiger partial charge in [0.05, 0.1) is 10.2 Å². The first-order valence-corrected chi connectivity index (χ1v) is 7.04. The van der Waals surface area contributed by atoms with Gasteiger partial charge in [-0.2, -0.15) is 11.8 Å². The summed E-state index contributed by atoms with van der Waals surface area (Å²) in [6.45, 7) is 1.78. The largest absolute Gasteiger partial charge is 0.293 e. The van der Waals surface area contributed by atoms with Crippen molar-refractivity contribution in [3.05, 3.63) is 39.4 Å². The summed E-state index contributed by atoms with van der Waals surface area (Å²) < 4.78 is 0. The zero-order valence-electron chi connectivity index (χ0n) is 10.2. The third-order valence-corrected chi connectivity index (χ3v) is 4.41. The fourth-order valence-corrected chi connectivity index (χ4v) is 3.42. The Bertz CT molecular complexity index is 481. The highest BCUT2D eigenvalue weighted by Gasteiger charge is 2.24. The van der Waals surface area contributed by atoms with Crippen molar-refractivity contribution in [3.8, 4) is 0 Å². The molecule has 0 aromatic heterocycles. The first-order valence-electron chi connectivity index (χ1n) is 6.00. The van der Waals surface area contributed by atoms with Crippen LogP contribution in [0.25, 0.3) is 0 Å². The van der Waals surface area contributed by atoms with E-state index in [1.54, 1.807) is 24.8 Å². The number of thioether (sulfide) groups is 1. The number of non-ortho nitro benzene ring substituents is 1. The molecule has 1 aliphatic rings. The Morgan fingerprint density at radius 3 is 2.78 bits per heavy atom. The zero-order valence-corrected chi connectivity index (χ0v) is 11.0. The standard InChI is InChI=1S/C13H15NO3S/c1-9-6-10(8-11(7-9)14(16)17)13(15)12-4-2-3-5-18-12/h6-8,12H,2-5H2,1H3. The van der Waals surface area contributed by atoms with Crippen molar-refractivity contribution in [2.75, 3.05) is 5.75 Å². The van der Waals surface area contributed by atoms with E-state index in [0.717, 1.165) is 30.6 Å². The lowest BCUT2D eigenvalue weighted by Crippen LogP contribution is -2.21. The van der Waals surface area contributed by atoms with Gasteiger partial charge in [0, 0.05) is 17.7 Å². The Hall–Kier alpha value is -1.36. The molecule has 0 amide bonds. The molecule has 0 radical (unpaired) electrons. The fourth-order valence-electron chi connectivity index (χ4n) is 2.14. The van der Waals surface area contributed by atoms with Gasteiger partial charge in [0.2, 0.25) is 0 Å². The molecule has 1 aromatic carbocycles. The molecule has 0 aliphatic carbocycles. The summed E-state index contributed by atoms with van der Waals surface area (Å²) in [7, 11) is 0. The molecule has 0 saturated carbocycles. The summed E-state index contributed by atoms with van der Waals surface area (Å²) in [6, 6.07) is 4.62. The summed E-state index contributed by atoms with van der Waals surface area (Å²) in [5.41, 5.74) is 1.23. The van der Waals surface area contributed by atoms with E-state index in [4.69, 9.17) is 0 Å². The van der Waals surface area contributed by atoms with Crippen LogP contribution in [0.1, 0.15) is 35.2 Å². The number of Topliss-reactive ketones (excluding diaryl/α,β-unsaturated/α-hetero) is 1. The van der Waals surface area contributed by atoms with Gasteiger partial charge in [-0.15, -0.1) is 0 Å². The second-order valence-corrected chi connectivity index (χ2v) is 5.84. The minimum atomic E-state index is -0.447. The van der Waals surface area contributed by atoms with Crippen molar-refractivity contribution in [2.24, 2.45) is 0 Å². The normalized spacial score (nSPS) is 19.5. The molecule has 0 bridgehead atoms. The molecule has 1 fully saturated rings. The average Bonchev–Trinajstić information content (AvgIpc) is 2.38. The first-order chi connectivity index (χ1) is 8.58. The third-order valence-electron chi connectivity index (χ3n) is 3.03. The molecule has 0 spiro atoms. The van der Waals surface area contributed by atoms with Crippen molar-refractivity contribution in [3.63, 3.8) is 0 Å². The predicted molar refractivity (Wildman–Crippen MR) is 72.3 cm³/mol. The van der Waals surface area contributed by atoms with Crippen LogP contribution in [0, 0.1) is 17.0 Å². The number of hydrogen-bond acceptors (Lipinski definition) is 4. The number of carbonyl (C=O) groups is 1. The van der Waals surface area contributed by atoms with Crippen molar-refractivity contribution >= 4 is 23.2 Å². The average molecular weight is 265 g/mol. The van der Waals surface area contributed by atoms with Gasteiger partial charge in [0.25, 0.3) is 5.69 Å². The fraction of sp³-hybridized carbons (Fsp3) is 0.462. The number of ketones is 1. The Labute approximate surface area is 110 Å². The van der Waals surface area contributed by atoms with Crippen LogP contribution in [-0.4, -0.2) is 21.7 Å². The minimum Gasteiger partial charge on any atom is -0.293 e. The molecular weight excluding hydrogens is 250 g/mol. The molecule has 1 atom stereocenters. The summed E-state index contributed by atoms with van der Waals surface area (Å²) in [6.07, 6.45) is 3.10. The first kappa shape index (κ1) is 13.1. The maximum Gasteiger partial charge on any atom is 0.270 e. The third kappa shape index (κ3) is 2.90. The van der Waals surface area contributed by atoms with Gasteiger partial charge in [-0.05, 0) is 37.1 Å². The van der Waals surface area contributed by atoms with Crippen molar-refractivity contribution in [1.29, 1.82) is 0 Å². The van der Waals surface area contributed by atoms with Gasteiger partial charge in [-0.25, -0.2) is 0 Å². The molecule has 1 aromatic rings. The number of nitrogens with zero attached hydrogens (tertiary/aromatic N) is 1. The molecule has 5 heteroatoms. The number of rotatable bonds is 3. The molecule has 1 aliphatic heterocycles. The van der Waals surface area contributed by atoms with Crippen LogP contribution in [0.3, 0.4) is 0 Å². The molecule has 18 heavy (non-hydrogen) atoms. The maximum absolute atomic E-state index is 12.3. The second-order valence-electron chi connectivity index (χ2n) is 4.53. The van der Waals surface area contributed by atoms with Crippen LogP contribution in [0.2, 0.25) is 0 Å². The highest BCUT2D eigenvalue weighted by molar-refractivity contribution is 8.00. The number of aryl methyl sites for hydroxylation is 1. The molecule has 0 N–H and O–H groups in total. The summed E-state index contributed by atoms with van der Waals surface area (Å²) >= 11 is 1.67. The lowest BCUT2D eigenvalue weighted by atomic mass is 10.0. The monoisotopic (exact) mass is 265 g/mol. The Balaban J connectivity index is 2.26. The van der Waals surface area contributed by atoms with E-state index in [1.165, 1.54) is 12.1 Å². The SMILES string of the molecule is Cc1cc(C(=O)C2CCCCS2)cc([N+](=O)[O-])c1. The van der Waals surface area contributed by atoms with E-state index in [-0.39, 0.29) is 16.7 Å². The number of nitro benzene ring substituents is 1. The van der Waals surface area contributed by atoms with E-state index in [1.807, 2.05) is 0 Å². The lowest BCUT2D eigenvalue weighted by Gasteiger charge is -2.20. The quantitative estimate of drug-likeness (QED) is 0.477. The topological polar surface area (TPSA) is 60.2 Å². The molecule has 2 rings (SSSR count). The van der Waals surface area contributed by atoms with E-state index in [9.17, 15) is 14.9 Å². The smallest absolute Gasteiger partial charge is 0.270 e. The van der Waals surface area contributed by atoms with E-state index in [2.05, 4.69) is 0 Å². The lowest BCUT2D eigenvalue weighted by molar-refractivity contribution is -0.384. The molecule has 4 nitrogen and oxygen atoms in total. The molecular formula is C13H15NO3S. The summed E-state index contributed by atoms with van der Waals surface area (Å²) in [4.78, 5) is 22.6. The van der Waals surface area contributed by atoms with Gasteiger partial charge < -0.3 is 0 Å². The summed E-state index contributed by atoms with van der Waals surface area (Å²) in [5, 5.41) is 10.8. The predicted octanol–water partition coefficient (Wildman–Crippen LogP) is 3.37. The van der Waals surface area contributed by atoms with E-state index in [0.29, 0.717) is 5.56 Å². The van der Waals surface area contributed by atoms with E-state index >= 15 is 0 Å². The van der Waals surface area contributed by atoms with Gasteiger partial charge in [-0.1, -0.05) is 6.42 Å². The van der Waals surface area contributed by atoms with Crippen molar-refractivity contribution < 1.29 is 9.72 Å². The molecule has 96 valence electrons. The van der Waals surface area contributed by atoms with Gasteiger partial charge in [0.15, 0.2) is 5.78 Å². The zero-order chi connectivity index (χ0) is 13.1. The number of carbonyl (C=O) groups excluding carboxylic acids is 1. The van der Waals surface area contributed by atoms with Crippen LogP contribution in [0.4, 0.5) is 5.69 Å². The maximum atomic E-state index is 12.3. The van der Waals surface area contributed by atoms with Crippen LogP contribution in [0.15, 0.2) is 18.2 Å². The van der Waals surface area contributed by atoms with Crippen LogP contribution >= 0.6 is 11.8 Å². The molecule has 1 heterocycles. The van der Waals surface area contributed by atoms with Crippen LogP contribution < -0.4 is 0 Å². The van der Waals surface area contributed by atoms with Gasteiger partial charge in [0.1, 0.15) is 0 Å². The minimum absolute atomic E-state index is 0.000778. The van der Waals surface area contributed by atoms with Crippen molar-refractivity contribution in [1.82, 2.24) is 0 Å².